The number of rotatable bonds is 6. The van der Waals surface area contributed by atoms with E-state index in [1.807, 2.05) is 13.0 Å². The zero-order chi connectivity index (χ0) is 41.4. The molecule has 1 aromatic rings. The van der Waals surface area contributed by atoms with Crippen LogP contribution in [0.5, 0.6) is 5.75 Å². The molecule has 0 aromatic heterocycles. The van der Waals surface area contributed by atoms with Crippen molar-refractivity contribution in [2.75, 3.05) is 11.9 Å². The van der Waals surface area contributed by atoms with Crippen LogP contribution in [0, 0.1) is 123 Å². The van der Waals surface area contributed by atoms with Gasteiger partial charge < -0.3 is 14.9 Å². The van der Waals surface area contributed by atoms with Gasteiger partial charge in [0.25, 0.3) is 0 Å². The Balaban J connectivity index is 0.000000149. The molecular weight excluding hydrogens is 805 g/mol. The minimum Gasteiger partial charge on any atom is -0.483 e. The molecule has 1 aromatic carbocycles. The number of benzene rings is 1. The maximum Gasteiger partial charge on any atom is 0.174 e. The number of alkyl halides is 1. The van der Waals surface area contributed by atoms with Crippen molar-refractivity contribution >= 4 is 27.5 Å². The van der Waals surface area contributed by atoms with Crippen molar-refractivity contribution in [3.63, 3.8) is 0 Å². The van der Waals surface area contributed by atoms with Crippen molar-refractivity contribution in [3.8, 4) is 11.8 Å². The number of nitriles is 1. The van der Waals surface area contributed by atoms with Crippen molar-refractivity contribution in [3.05, 3.63) is 29.6 Å². The van der Waals surface area contributed by atoms with E-state index in [2.05, 4.69) is 36.7 Å². The van der Waals surface area contributed by atoms with E-state index in [4.69, 9.17) is 10.00 Å². The molecule has 0 spiro atoms. The Morgan fingerprint density at radius 1 is 0.695 bits per heavy atom. The van der Waals surface area contributed by atoms with Crippen LogP contribution < -0.4 is 4.74 Å². The van der Waals surface area contributed by atoms with Gasteiger partial charge in [0.15, 0.2) is 17.3 Å². The Bertz CT molecular complexity index is 1890. The lowest BCUT2D eigenvalue weighted by Crippen LogP contribution is -2.52. The summed E-state index contributed by atoms with van der Waals surface area (Å²) in [5.74, 6) is 10.8. The summed E-state index contributed by atoms with van der Waals surface area (Å²) >= 11 is 3.46. The zero-order valence-corrected chi connectivity index (χ0v) is 37.6. The van der Waals surface area contributed by atoms with Crippen LogP contribution in [0.1, 0.15) is 136 Å². The van der Waals surface area contributed by atoms with Crippen LogP contribution >= 0.6 is 15.9 Å². The summed E-state index contributed by atoms with van der Waals surface area (Å²) in [5, 5.41) is 30.7. The van der Waals surface area contributed by atoms with E-state index in [1.165, 1.54) is 69.9 Å². The van der Waals surface area contributed by atoms with Crippen LogP contribution in [0.4, 0.5) is 4.39 Å². The number of ketones is 2. The number of Topliss-reactive ketones (excluding diaryl/α,β-unsaturated/α-hetero) is 2. The van der Waals surface area contributed by atoms with Crippen LogP contribution in [0.2, 0.25) is 0 Å². The van der Waals surface area contributed by atoms with E-state index < -0.39 is 17.0 Å². The molecule has 0 saturated heterocycles. The highest BCUT2D eigenvalue weighted by molar-refractivity contribution is 9.09. The van der Waals surface area contributed by atoms with E-state index in [1.54, 1.807) is 0 Å². The molecule has 59 heavy (non-hydrogen) atoms. The van der Waals surface area contributed by atoms with Gasteiger partial charge >= 0.3 is 0 Å². The Kier molecular flexibility index (Phi) is 10.2. The number of hydrogen-bond acceptors (Lipinski definition) is 6. The number of carbonyl (C=O) groups excluding carboxylic acids is 2. The second kappa shape index (κ2) is 14.6. The van der Waals surface area contributed by atoms with E-state index in [0.717, 1.165) is 98.4 Å². The number of aliphatic hydroxyl groups is 2. The fourth-order valence-electron chi connectivity index (χ4n) is 18.3. The molecule has 0 unspecified atom stereocenters. The molecule has 2 N–H and O–H groups in total. The fourth-order valence-corrected chi connectivity index (χ4v) is 18.7. The summed E-state index contributed by atoms with van der Waals surface area (Å²) in [4.78, 5) is 26.2. The van der Waals surface area contributed by atoms with Gasteiger partial charge in [0.05, 0.1) is 28.2 Å². The molecule has 10 fully saturated rings. The summed E-state index contributed by atoms with van der Waals surface area (Å²) in [6, 6.07) is 6.05. The molecule has 11 rings (SSSR count). The molecule has 0 heterocycles. The van der Waals surface area contributed by atoms with Crippen LogP contribution in [0.25, 0.3) is 0 Å². The second-order valence-electron chi connectivity index (χ2n) is 23.5. The Labute approximate surface area is 360 Å². The lowest BCUT2D eigenvalue weighted by atomic mass is 9.48. The zero-order valence-electron chi connectivity index (χ0n) is 36.0. The minimum absolute atomic E-state index is 0.0229. The molecule has 8 heteroatoms. The molecular formula is C51H69BrFNO5. The van der Waals surface area contributed by atoms with Crippen LogP contribution in [0.15, 0.2) is 18.2 Å². The molecule has 10 aliphatic rings. The second-order valence-corrected chi connectivity index (χ2v) is 24.0. The maximum atomic E-state index is 14.3. The molecule has 10 saturated carbocycles. The Hall–Kier alpha value is -1.82. The minimum atomic E-state index is -0.588. The molecule has 0 aliphatic heterocycles. The van der Waals surface area contributed by atoms with Gasteiger partial charge in [-0.15, -0.1) is 0 Å². The Morgan fingerprint density at radius 2 is 1.19 bits per heavy atom. The van der Waals surface area contributed by atoms with Crippen molar-refractivity contribution in [2.45, 2.75) is 142 Å². The topological polar surface area (TPSA) is 108 Å². The fraction of sp³-hybridized carbons (Fsp3) is 0.824. The van der Waals surface area contributed by atoms with E-state index >= 15 is 0 Å². The van der Waals surface area contributed by atoms with Crippen molar-refractivity contribution in [2.24, 2.45) is 106 Å². The highest BCUT2D eigenvalue weighted by Crippen LogP contribution is 2.76. The summed E-state index contributed by atoms with van der Waals surface area (Å²) in [7, 11) is 0. The number of ether oxygens (including phenoxy) is 1. The molecule has 0 radical (unpaired) electrons. The largest absolute Gasteiger partial charge is 0.483 e. The van der Waals surface area contributed by atoms with E-state index in [9.17, 15) is 24.2 Å². The molecule has 10 aliphatic carbocycles. The third kappa shape index (κ3) is 6.76. The first kappa shape index (κ1) is 41.2. The monoisotopic (exact) mass is 873 g/mol. The summed E-state index contributed by atoms with van der Waals surface area (Å²) in [6.07, 6.45) is 18.9. The van der Waals surface area contributed by atoms with Gasteiger partial charge in [0, 0.05) is 11.8 Å². The van der Waals surface area contributed by atoms with Crippen LogP contribution in [-0.2, 0) is 9.59 Å². The maximum absolute atomic E-state index is 14.3. The van der Waals surface area contributed by atoms with Gasteiger partial charge in [0.1, 0.15) is 12.4 Å². The first-order chi connectivity index (χ1) is 28.1. The normalized spacial score (nSPS) is 51.8. The number of fused-ring (bicyclic) bond motifs is 14. The molecule has 0 amide bonds. The van der Waals surface area contributed by atoms with E-state index in [0.29, 0.717) is 52.5 Å². The first-order valence-corrected chi connectivity index (χ1v) is 25.1. The van der Waals surface area contributed by atoms with Gasteiger partial charge in [-0.25, -0.2) is 4.39 Å². The standard InChI is InChI=1S/C29H36FNO3.C22H33BrO2/c1-28(33)9-7-18-17(13-28)4-5-20-19(18)8-10-29(2)26(20)21-12-22(21)27(29)24(32)15-34-25-6-3-16(14-31)11-23(25)30;1-21(25)7-5-13-12(10-21)3-4-15-14(13)6-8-22(2)19(15)16-9-17(16)20(22)18(24)11-23/h3,6,11,17-22,26-27,33H,4-5,7-10,12-13,15H2,1-2H3;12-17,19-20,25H,3-11H2,1-2H3/t17-,18+,19-,20-,21-,22+,26-,27-,28-,29+;12-,13+,14-,15-,16-,17+,19-,20-,21-,22+/m11/s1. The molecule has 20 atom stereocenters. The summed E-state index contributed by atoms with van der Waals surface area (Å²) < 4.78 is 19.9. The lowest BCUT2D eigenvalue weighted by molar-refractivity contribution is -0.137. The molecule has 0 bridgehead atoms. The third-order valence-electron chi connectivity index (χ3n) is 20.3. The van der Waals surface area contributed by atoms with Crippen molar-refractivity contribution < 1.29 is 28.9 Å². The highest BCUT2D eigenvalue weighted by Gasteiger charge is 2.72. The number of halogens is 2. The Morgan fingerprint density at radius 3 is 1.66 bits per heavy atom. The summed E-state index contributed by atoms with van der Waals surface area (Å²) in [6.45, 7) is 8.81. The van der Waals surface area contributed by atoms with Crippen molar-refractivity contribution in [1.82, 2.24) is 0 Å². The number of hydrogen-bond donors (Lipinski definition) is 2. The lowest BCUT2D eigenvalue weighted by Gasteiger charge is -2.57. The van der Waals surface area contributed by atoms with Gasteiger partial charge in [-0.05, 0) is 228 Å². The van der Waals surface area contributed by atoms with Gasteiger partial charge in [-0.1, -0.05) is 29.8 Å². The third-order valence-corrected chi connectivity index (χ3v) is 20.9. The SMILES string of the molecule is C[C@@]1(O)CC[C@H]2[C@H](CC[C@@H]3[C@@H]2CC[C@@]2(C)[C@H]3[C@@H]3C[C@@H]3[C@@H]2C(=O)CBr)C1.C[C@@]1(O)CC[C@H]2[C@H](CC[C@@H]3[C@@H]2CC[C@@]2(C)[C@H]3[C@@H]3C[C@@H]3[C@@H]2C(=O)COc2ccc(C#N)cc2F)C1. The highest BCUT2D eigenvalue weighted by atomic mass is 79.9. The first-order valence-electron chi connectivity index (χ1n) is 24.0. The van der Waals surface area contributed by atoms with Crippen molar-refractivity contribution in [1.29, 1.82) is 5.26 Å². The number of carbonyl (C=O) groups is 2. The van der Waals surface area contributed by atoms with Gasteiger partial charge in [0.2, 0.25) is 0 Å². The average molecular weight is 875 g/mol. The van der Waals surface area contributed by atoms with Crippen LogP contribution in [-0.4, -0.2) is 44.9 Å². The molecule has 6 nitrogen and oxygen atoms in total. The van der Waals surface area contributed by atoms with Crippen LogP contribution in [0.3, 0.4) is 0 Å². The quantitative estimate of drug-likeness (QED) is 0.276. The molecule has 322 valence electrons. The predicted molar refractivity (Wildman–Crippen MR) is 228 cm³/mol. The summed E-state index contributed by atoms with van der Waals surface area (Å²) in [5.41, 5.74) is -0.341. The smallest absolute Gasteiger partial charge is 0.174 e. The van der Waals surface area contributed by atoms with Gasteiger partial charge in [-0.2, -0.15) is 5.26 Å². The average Bonchev–Trinajstić information content (AvgIpc) is 4.11. The van der Waals surface area contributed by atoms with Gasteiger partial charge in [-0.3, -0.25) is 9.59 Å². The predicted octanol–water partition coefficient (Wildman–Crippen LogP) is 10.3. The number of nitrogens with zero attached hydrogens (tertiary/aromatic N) is 1. The van der Waals surface area contributed by atoms with E-state index in [-0.39, 0.29) is 40.5 Å².